The van der Waals surface area contributed by atoms with Gasteiger partial charge >= 0.3 is 12.0 Å². The maximum absolute atomic E-state index is 12.2. The molecule has 3 fully saturated rings. The molecule has 0 aromatic carbocycles. The van der Waals surface area contributed by atoms with Crippen molar-refractivity contribution in [3.8, 4) is 0 Å². The number of carboxylic acids is 1. The van der Waals surface area contributed by atoms with Gasteiger partial charge in [0.25, 0.3) is 0 Å². The van der Waals surface area contributed by atoms with Gasteiger partial charge in [-0.25, -0.2) is 9.59 Å². The summed E-state index contributed by atoms with van der Waals surface area (Å²) in [4.78, 5) is 25.1. The summed E-state index contributed by atoms with van der Waals surface area (Å²) >= 11 is 1.62. The lowest BCUT2D eigenvalue weighted by atomic mass is 10.2. The standard InChI is InChI=1S/C13H20N2O3S/c16-12(17)10-7-19-11(9-3-4-9)15(10)13(18)14-6-5-8-1-2-8/h8-11H,1-7H2,(H,14,18)(H,16,17). The van der Waals surface area contributed by atoms with E-state index in [1.807, 2.05) is 0 Å². The molecule has 2 N–H and O–H groups in total. The number of carboxylic acid groups (broad SMARTS) is 1. The zero-order valence-corrected chi connectivity index (χ0v) is 11.7. The number of hydrogen-bond donors (Lipinski definition) is 2. The Kier molecular flexibility index (Phi) is 3.60. The van der Waals surface area contributed by atoms with Crippen molar-refractivity contribution in [1.29, 1.82) is 0 Å². The number of carbonyl (C=O) groups is 2. The first-order valence-electron chi connectivity index (χ1n) is 7.07. The van der Waals surface area contributed by atoms with Gasteiger partial charge in [-0.3, -0.25) is 4.90 Å². The summed E-state index contributed by atoms with van der Waals surface area (Å²) in [6.45, 7) is 0.675. The van der Waals surface area contributed by atoms with Crippen molar-refractivity contribution in [2.45, 2.75) is 43.5 Å². The van der Waals surface area contributed by atoms with Crippen molar-refractivity contribution < 1.29 is 14.7 Å². The van der Waals surface area contributed by atoms with E-state index in [0.717, 1.165) is 25.2 Å². The van der Waals surface area contributed by atoms with E-state index < -0.39 is 12.0 Å². The third kappa shape index (κ3) is 2.99. The smallest absolute Gasteiger partial charge is 0.327 e. The average Bonchev–Trinajstić information content (AvgIpc) is 3.28. The molecule has 106 valence electrons. The van der Waals surface area contributed by atoms with Crippen molar-refractivity contribution >= 4 is 23.8 Å². The van der Waals surface area contributed by atoms with E-state index >= 15 is 0 Å². The van der Waals surface area contributed by atoms with E-state index in [1.165, 1.54) is 12.8 Å². The Balaban J connectivity index is 1.58. The summed E-state index contributed by atoms with van der Waals surface area (Å²) < 4.78 is 0. The highest BCUT2D eigenvalue weighted by Crippen LogP contribution is 2.45. The predicted molar refractivity (Wildman–Crippen MR) is 73.0 cm³/mol. The SMILES string of the molecule is O=C(O)C1CSC(C2CC2)N1C(=O)NCCC1CC1. The van der Waals surface area contributed by atoms with Gasteiger partial charge in [-0.2, -0.15) is 0 Å². The van der Waals surface area contributed by atoms with Crippen LogP contribution in [0.1, 0.15) is 32.1 Å². The second-order valence-corrected chi connectivity index (χ2v) is 6.94. The van der Waals surface area contributed by atoms with E-state index in [1.54, 1.807) is 16.7 Å². The van der Waals surface area contributed by atoms with E-state index in [9.17, 15) is 14.7 Å². The quantitative estimate of drug-likeness (QED) is 0.806. The molecule has 2 saturated carbocycles. The van der Waals surface area contributed by atoms with E-state index in [0.29, 0.717) is 18.2 Å². The molecule has 19 heavy (non-hydrogen) atoms. The van der Waals surface area contributed by atoms with Crippen LogP contribution in [-0.2, 0) is 4.79 Å². The van der Waals surface area contributed by atoms with Crippen LogP contribution >= 0.6 is 11.8 Å². The highest BCUT2D eigenvalue weighted by atomic mass is 32.2. The number of nitrogens with zero attached hydrogens (tertiary/aromatic N) is 1. The minimum atomic E-state index is -0.881. The molecular weight excluding hydrogens is 264 g/mol. The molecule has 0 aromatic rings. The molecule has 1 heterocycles. The van der Waals surface area contributed by atoms with Gasteiger partial charge in [0, 0.05) is 12.3 Å². The fraction of sp³-hybridized carbons (Fsp3) is 0.846. The molecule has 2 amide bonds. The number of thioether (sulfide) groups is 1. The molecule has 1 aliphatic heterocycles. The molecule has 6 heteroatoms. The molecule has 2 atom stereocenters. The molecule has 0 radical (unpaired) electrons. The van der Waals surface area contributed by atoms with Crippen LogP contribution in [0.4, 0.5) is 4.79 Å². The molecule has 3 aliphatic rings. The van der Waals surface area contributed by atoms with Crippen LogP contribution in [0.5, 0.6) is 0 Å². The Morgan fingerprint density at radius 2 is 2.00 bits per heavy atom. The summed E-state index contributed by atoms with van der Waals surface area (Å²) in [7, 11) is 0. The average molecular weight is 284 g/mol. The Bertz CT molecular complexity index is 382. The molecule has 3 rings (SSSR count). The number of aliphatic carboxylic acids is 1. The van der Waals surface area contributed by atoms with Gasteiger partial charge in [0.15, 0.2) is 0 Å². The van der Waals surface area contributed by atoms with Crippen LogP contribution in [0.15, 0.2) is 0 Å². The second kappa shape index (κ2) is 5.23. The number of rotatable bonds is 5. The largest absolute Gasteiger partial charge is 0.480 e. The first kappa shape index (κ1) is 13.1. The van der Waals surface area contributed by atoms with Crippen LogP contribution < -0.4 is 5.32 Å². The van der Waals surface area contributed by atoms with Crippen LogP contribution in [-0.4, -0.2) is 45.7 Å². The molecule has 0 aromatic heterocycles. The Morgan fingerprint density at radius 3 is 2.58 bits per heavy atom. The Morgan fingerprint density at radius 1 is 1.26 bits per heavy atom. The lowest BCUT2D eigenvalue weighted by Gasteiger charge is -2.27. The zero-order chi connectivity index (χ0) is 13.4. The molecule has 0 spiro atoms. The lowest BCUT2D eigenvalue weighted by Crippen LogP contribution is -2.50. The van der Waals surface area contributed by atoms with E-state index in [-0.39, 0.29) is 11.4 Å². The van der Waals surface area contributed by atoms with Crippen molar-refractivity contribution in [1.82, 2.24) is 10.2 Å². The van der Waals surface area contributed by atoms with Gasteiger partial charge in [0.1, 0.15) is 6.04 Å². The number of amides is 2. The summed E-state index contributed by atoms with van der Waals surface area (Å²) in [6, 6.07) is -0.841. The molecule has 5 nitrogen and oxygen atoms in total. The third-order valence-corrected chi connectivity index (χ3v) is 5.57. The van der Waals surface area contributed by atoms with Gasteiger partial charge in [-0.05, 0) is 31.1 Å². The number of hydrogen-bond acceptors (Lipinski definition) is 3. The molecular formula is C13H20N2O3S. The number of nitrogens with one attached hydrogen (secondary N) is 1. The van der Waals surface area contributed by atoms with Crippen LogP contribution in [0.25, 0.3) is 0 Å². The van der Waals surface area contributed by atoms with Gasteiger partial charge in [0.05, 0.1) is 5.37 Å². The van der Waals surface area contributed by atoms with Gasteiger partial charge < -0.3 is 10.4 Å². The highest BCUT2D eigenvalue weighted by Gasteiger charge is 2.48. The minimum absolute atomic E-state index is 0.0713. The first-order chi connectivity index (χ1) is 9.16. The van der Waals surface area contributed by atoms with Crippen LogP contribution in [0, 0.1) is 11.8 Å². The maximum atomic E-state index is 12.2. The van der Waals surface area contributed by atoms with E-state index in [2.05, 4.69) is 5.32 Å². The Hall–Kier alpha value is -0.910. The normalized spacial score (nSPS) is 30.4. The molecule has 2 unspecified atom stereocenters. The van der Waals surface area contributed by atoms with Gasteiger partial charge in [-0.15, -0.1) is 11.8 Å². The molecule has 2 aliphatic carbocycles. The lowest BCUT2D eigenvalue weighted by molar-refractivity contribution is -0.141. The predicted octanol–water partition coefficient (Wildman–Crippen LogP) is 1.73. The van der Waals surface area contributed by atoms with Crippen molar-refractivity contribution in [3.05, 3.63) is 0 Å². The Labute approximate surface area is 117 Å². The van der Waals surface area contributed by atoms with Gasteiger partial charge in [-0.1, -0.05) is 12.8 Å². The van der Waals surface area contributed by atoms with Crippen molar-refractivity contribution in [2.24, 2.45) is 11.8 Å². The summed E-state index contributed by atoms with van der Waals surface area (Å²) in [5.74, 6) is 0.922. The fourth-order valence-electron chi connectivity index (χ4n) is 2.60. The van der Waals surface area contributed by atoms with Crippen molar-refractivity contribution in [3.63, 3.8) is 0 Å². The van der Waals surface area contributed by atoms with Crippen molar-refractivity contribution in [2.75, 3.05) is 12.3 Å². The summed E-state index contributed by atoms with van der Waals surface area (Å²) in [5.41, 5.74) is 0. The third-order valence-electron chi connectivity index (χ3n) is 4.11. The molecule has 0 bridgehead atoms. The summed E-state index contributed by atoms with van der Waals surface area (Å²) in [5, 5.41) is 12.2. The second-order valence-electron chi connectivity index (χ2n) is 5.79. The van der Waals surface area contributed by atoms with E-state index in [4.69, 9.17) is 0 Å². The minimum Gasteiger partial charge on any atom is -0.480 e. The maximum Gasteiger partial charge on any atom is 0.327 e. The van der Waals surface area contributed by atoms with Crippen LogP contribution in [0.2, 0.25) is 0 Å². The summed E-state index contributed by atoms with van der Waals surface area (Å²) in [6.07, 6.45) is 5.82. The highest BCUT2D eigenvalue weighted by molar-refractivity contribution is 8.00. The molecule has 1 saturated heterocycles. The zero-order valence-electron chi connectivity index (χ0n) is 10.9. The fourth-order valence-corrected chi connectivity index (χ4v) is 4.23. The monoisotopic (exact) mass is 284 g/mol. The van der Waals surface area contributed by atoms with Crippen LogP contribution in [0.3, 0.4) is 0 Å². The number of carbonyl (C=O) groups excluding carboxylic acids is 1. The number of urea groups is 1. The topological polar surface area (TPSA) is 69.6 Å². The first-order valence-corrected chi connectivity index (χ1v) is 8.12. The van der Waals surface area contributed by atoms with Gasteiger partial charge in [0.2, 0.25) is 0 Å².